The summed E-state index contributed by atoms with van der Waals surface area (Å²) in [5.74, 6) is -2.66. The van der Waals surface area contributed by atoms with Crippen LogP contribution in [0.2, 0.25) is 0 Å². The monoisotopic (exact) mass is 303 g/mol. The lowest BCUT2D eigenvalue weighted by molar-refractivity contribution is -0.153. The number of hydrogen-bond donors (Lipinski definition) is 2. The van der Waals surface area contributed by atoms with Crippen LogP contribution in [-0.4, -0.2) is 17.0 Å². The molecule has 4 nitrogen and oxygen atoms in total. The Morgan fingerprint density at radius 1 is 1.09 bits per heavy atom. The van der Waals surface area contributed by atoms with Gasteiger partial charge in [0.15, 0.2) is 0 Å². The van der Waals surface area contributed by atoms with Gasteiger partial charge in [-0.25, -0.2) is 4.39 Å². The predicted molar refractivity (Wildman–Crippen MR) is 78.2 cm³/mol. The lowest BCUT2D eigenvalue weighted by Crippen LogP contribution is -2.48. The zero-order chi connectivity index (χ0) is 15.7. The number of fused-ring (bicyclic) bond motifs is 2. The summed E-state index contributed by atoms with van der Waals surface area (Å²) < 4.78 is 12.9. The zero-order valence-corrected chi connectivity index (χ0v) is 12.0. The third kappa shape index (κ3) is 2.75. The van der Waals surface area contributed by atoms with Gasteiger partial charge < -0.3 is 10.4 Å². The normalized spacial score (nSPS) is 29.3. The third-order valence-corrected chi connectivity index (χ3v) is 4.72. The van der Waals surface area contributed by atoms with Crippen LogP contribution >= 0.6 is 0 Å². The van der Waals surface area contributed by atoms with Gasteiger partial charge >= 0.3 is 5.97 Å². The van der Waals surface area contributed by atoms with E-state index < -0.39 is 17.8 Å². The van der Waals surface area contributed by atoms with Crippen LogP contribution in [0.4, 0.5) is 4.39 Å². The molecule has 1 aromatic carbocycles. The van der Waals surface area contributed by atoms with E-state index in [1.54, 1.807) is 12.1 Å². The van der Waals surface area contributed by atoms with Crippen molar-refractivity contribution in [1.82, 2.24) is 5.32 Å². The molecule has 3 aliphatic rings. The Hall–Kier alpha value is -2.17. The highest BCUT2D eigenvalue weighted by Crippen LogP contribution is 2.45. The average Bonchev–Trinajstić information content (AvgIpc) is 2.54. The summed E-state index contributed by atoms with van der Waals surface area (Å²) in [6, 6.07) is 5.90. The van der Waals surface area contributed by atoms with Crippen molar-refractivity contribution in [2.75, 3.05) is 0 Å². The van der Waals surface area contributed by atoms with E-state index in [1.165, 1.54) is 12.1 Å². The lowest BCUT2D eigenvalue weighted by Gasteiger charge is -2.41. The Morgan fingerprint density at radius 3 is 2.23 bits per heavy atom. The van der Waals surface area contributed by atoms with Crippen molar-refractivity contribution in [1.29, 1.82) is 0 Å². The van der Waals surface area contributed by atoms with E-state index >= 15 is 0 Å². The van der Waals surface area contributed by atoms with Crippen molar-refractivity contribution in [3.63, 3.8) is 0 Å². The second-order valence-corrected chi connectivity index (χ2v) is 6.02. The standard InChI is InChI=1S/C17H18FNO3/c18-13-7-1-10(2-8-13)9-19-16(20)14-11-3-5-12(6-4-11)15(14)17(21)22/h1-3,5,7-8,11-12,14-15H,4,6,9H2,(H,19,20)(H,21,22)/t11-,12+,14-,15+/m1/s1. The maximum Gasteiger partial charge on any atom is 0.307 e. The van der Waals surface area contributed by atoms with Crippen LogP contribution in [-0.2, 0) is 16.1 Å². The molecule has 22 heavy (non-hydrogen) atoms. The fourth-order valence-electron chi connectivity index (χ4n) is 3.60. The topological polar surface area (TPSA) is 66.4 Å². The molecule has 2 bridgehead atoms. The van der Waals surface area contributed by atoms with Gasteiger partial charge in [0.1, 0.15) is 5.82 Å². The predicted octanol–water partition coefficient (Wildman–Crippen LogP) is 2.35. The summed E-state index contributed by atoms with van der Waals surface area (Å²) in [5, 5.41) is 12.2. The number of aliphatic carboxylic acids is 1. The molecule has 1 saturated carbocycles. The second-order valence-electron chi connectivity index (χ2n) is 6.02. The molecule has 0 saturated heterocycles. The SMILES string of the molecule is O=C(O)[C@@H]1[C@H](C(=O)NCc2ccc(F)cc2)[C@@H]2C=C[C@H]1CC2. The largest absolute Gasteiger partial charge is 0.481 e. The molecule has 3 aliphatic carbocycles. The quantitative estimate of drug-likeness (QED) is 0.839. The minimum absolute atomic E-state index is 0.000632. The average molecular weight is 303 g/mol. The third-order valence-electron chi connectivity index (χ3n) is 4.72. The van der Waals surface area contributed by atoms with Gasteiger partial charge in [0.05, 0.1) is 11.8 Å². The number of carboxylic acids is 1. The molecule has 5 heteroatoms. The van der Waals surface area contributed by atoms with Crippen molar-refractivity contribution in [2.24, 2.45) is 23.7 Å². The van der Waals surface area contributed by atoms with Crippen LogP contribution in [0.3, 0.4) is 0 Å². The van der Waals surface area contributed by atoms with E-state index in [9.17, 15) is 19.1 Å². The van der Waals surface area contributed by atoms with Crippen LogP contribution in [0.15, 0.2) is 36.4 Å². The molecule has 1 amide bonds. The summed E-state index contributed by atoms with van der Waals surface area (Å²) in [4.78, 5) is 24.0. The second kappa shape index (κ2) is 5.91. The first-order chi connectivity index (χ1) is 10.6. The number of halogens is 1. The summed E-state index contributed by atoms with van der Waals surface area (Å²) in [5.41, 5.74) is 0.790. The highest BCUT2D eigenvalue weighted by molar-refractivity contribution is 5.86. The molecular formula is C17H18FNO3. The number of benzene rings is 1. The van der Waals surface area contributed by atoms with Gasteiger partial charge in [0, 0.05) is 6.54 Å². The van der Waals surface area contributed by atoms with Gasteiger partial charge in [-0.05, 0) is 42.4 Å². The maximum absolute atomic E-state index is 12.9. The Balaban J connectivity index is 1.69. The van der Waals surface area contributed by atoms with Gasteiger partial charge in [-0.15, -0.1) is 0 Å². The first kappa shape index (κ1) is 14.8. The summed E-state index contributed by atoms with van der Waals surface area (Å²) >= 11 is 0. The zero-order valence-electron chi connectivity index (χ0n) is 12.0. The molecule has 0 radical (unpaired) electrons. The van der Waals surface area contributed by atoms with Crippen molar-refractivity contribution in [3.05, 3.63) is 47.8 Å². The molecule has 0 unspecified atom stereocenters. The number of carbonyl (C=O) groups excluding carboxylic acids is 1. The van der Waals surface area contributed by atoms with E-state index in [4.69, 9.17) is 0 Å². The van der Waals surface area contributed by atoms with Crippen molar-refractivity contribution < 1.29 is 19.1 Å². The van der Waals surface area contributed by atoms with Crippen LogP contribution in [0.5, 0.6) is 0 Å². The van der Waals surface area contributed by atoms with Gasteiger partial charge in [0.25, 0.3) is 0 Å². The Kier molecular flexibility index (Phi) is 3.96. The maximum atomic E-state index is 12.9. The fraction of sp³-hybridized carbons (Fsp3) is 0.412. The van der Waals surface area contributed by atoms with Gasteiger partial charge in [0.2, 0.25) is 5.91 Å². The number of allylic oxidation sites excluding steroid dienone is 2. The Morgan fingerprint density at radius 2 is 1.68 bits per heavy atom. The molecule has 1 aromatic rings. The number of carbonyl (C=O) groups is 2. The highest BCUT2D eigenvalue weighted by atomic mass is 19.1. The van der Waals surface area contributed by atoms with Crippen molar-refractivity contribution in [3.8, 4) is 0 Å². The first-order valence-corrected chi connectivity index (χ1v) is 7.49. The molecule has 0 aromatic heterocycles. The summed E-state index contributed by atoms with van der Waals surface area (Å²) in [7, 11) is 0. The van der Waals surface area contributed by atoms with Crippen LogP contribution < -0.4 is 5.32 Å². The first-order valence-electron chi connectivity index (χ1n) is 7.49. The molecule has 0 aliphatic heterocycles. The van der Waals surface area contributed by atoms with Crippen LogP contribution in [0.25, 0.3) is 0 Å². The van der Waals surface area contributed by atoms with Gasteiger partial charge in [-0.2, -0.15) is 0 Å². The summed E-state index contributed by atoms with van der Waals surface area (Å²) in [6.45, 7) is 0.281. The van der Waals surface area contributed by atoms with Crippen molar-refractivity contribution in [2.45, 2.75) is 19.4 Å². The van der Waals surface area contributed by atoms with Crippen LogP contribution in [0.1, 0.15) is 18.4 Å². The van der Waals surface area contributed by atoms with Gasteiger partial charge in [-0.3, -0.25) is 9.59 Å². The lowest BCUT2D eigenvalue weighted by atomic mass is 9.62. The minimum Gasteiger partial charge on any atom is -0.481 e. The van der Waals surface area contributed by atoms with Crippen LogP contribution in [0, 0.1) is 29.5 Å². The molecule has 1 fully saturated rings. The molecule has 4 rings (SSSR count). The number of rotatable bonds is 4. The Bertz CT molecular complexity index is 611. The fourth-order valence-corrected chi connectivity index (χ4v) is 3.60. The number of carboxylic acid groups (broad SMARTS) is 1. The Labute approximate surface area is 128 Å². The molecule has 116 valence electrons. The molecule has 4 atom stereocenters. The van der Waals surface area contributed by atoms with E-state index in [-0.39, 0.29) is 30.1 Å². The smallest absolute Gasteiger partial charge is 0.307 e. The number of nitrogens with one attached hydrogen (secondary N) is 1. The van der Waals surface area contributed by atoms with E-state index in [1.807, 2.05) is 12.2 Å². The minimum atomic E-state index is -0.902. The summed E-state index contributed by atoms with van der Waals surface area (Å²) in [6.07, 6.45) is 5.62. The van der Waals surface area contributed by atoms with E-state index in [0.717, 1.165) is 18.4 Å². The molecule has 0 heterocycles. The number of amides is 1. The number of hydrogen-bond acceptors (Lipinski definition) is 2. The van der Waals surface area contributed by atoms with Gasteiger partial charge in [-0.1, -0.05) is 24.3 Å². The van der Waals surface area contributed by atoms with Crippen molar-refractivity contribution >= 4 is 11.9 Å². The molecule has 0 spiro atoms. The van der Waals surface area contributed by atoms with E-state index in [2.05, 4.69) is 5.32 Å². The molecular weight excluding hydrogens is 285 g/mol. The van der Waals surface area contributed by atoms with E-state index in [0.29, 0.717) is 0 Å². The highest BCUT2D eigenvalue weighted by Gasteiger charge is 2.47. The molecule has 2 N–H and O–H groups in total.